The van der Waals surface area contributed by atoms with E-state index in [1.54, 1.807) is 83.6 Å². The molecule has 0 aliphatic heterocycles. The maximum absolute atomic E-state index is 13.5. The predicted octanol–water partition coefficient (Wildman–Crippen LogP) is 22.4. The molecule has 0 saturated carbocycles. The second-order valence-corrected chi connectivity index (χ2v) is 42.6. The average Bonchev–Trinajstić information content (AvgIpc) is 1.69. The lowest BCUT2D eigenvalue weighted by Crippen LogP contribution is -2.44. The van der Waals surface area contributed by atoms with Gasteiger partial charge < -0.3 is 31.4 Å². The maximum Gasteiger partial charge on any atom is 0.224 e. The Kier molecular flexibility index (Phi) is 50.8. The number of thiazole rings is 4. The van der Waals surface area contributed by atoms with E-state index in [9.17, 15) is 57.5 Å². The largest absolute Gasteiger partial charge is 0.359 e. The molecule has 4 aromatic carbocycles. The molecule has 140 heavy (non-hydrogen) atoms. The zero-order valence-electron chi connectivity index (χ0n) is 85.9. The Bertz CT molecular complexity index is 5680. The van der Waals surface area contributed by atoms with E-state index in [-0.39, 0.29) is 192 Å². The quantitative estimate of drug-likeness (QED) is 0.0175. The van der Waals surface area contributed by atoms with Crippen LogP contribution in [0, 0.1) is 92.7 Å². The second-order valence-electron chi connectivity index (χ2n) is 38.1. The maximum atomic E-state index is 13.5. The van der Waals surface area contributed by atoms with Crippen molar-refractivity contribution in [1.82, 2.24) is 46.5 Å². The summed E-state index contributed by atoms with van der Waals surface area (Å²) in [5.74, 6) is -2.14. The first-order valence-electron chi connectivity index (χ1n) is 49.3. The van der Waals surface area contributed by atoms with Gasteiger partial charge in [-0.1, -0.05) is 201 Å². The number of nitrogens with one attached hydrogen (secondary N) is 5. The van der Waals surface area contributed by atoms with Crippen molar-refractivity contribution in [3.05, 3.63) is 164 Å². The fraction of sp³-hybridized carbons (Fsp3) is 0.532. The van der Waals surface area contributed by atoms with Crippen molar-refractivity contribution in [2.24, 2.45) is 47.3 Å². The first-order chi connectivity index (χ1) is 66.3. The van der Waals surface area contributed by atoms with Crippen LogP contribution in [0.15, 0.2) is 121 Å². The molecule has 4 aromatic heterocycles. The highest BCUT2D eigenvalue weighted by molar-refractivity contribution is 7.19. The van der Waals surface area contributed by atoms with Gasteiger partial charge in [0.2, 0.25) is 29.5 Å². The number of fused-ring (bicyclic) bond motifs is 4. The number of nitrogens with zero attached hydrogens (tertiary/aromatic N) is 8. The summed E-state index contributed by atoms with van der Waals surface area (Å²) < 4.78 is 4.32. The number of hydrogen-bond donors (Lipinski definition) is 5. The standard InChI is InChI=1S/C29H39N3O3S.C28H37N3O3S.C27H36N4O3S.C27H35N3O3S/c1-7-9-23(33)14-22(16-28-31-25-11-10-21(18(3)4)15-27(25)36-28)29(35)32-24(19(5)8-2)12-13-26(34)20(6)17-30;1-7-18(5)23(11-12-25(33)19(6)16-29)31-28(34)21(13-22(32)8-2)15-27-30-24-10-9-20(17(3)4)14-26(24)35-27;1-7-17(4)21(10-11-23(32)18(5)15-28)31-27(34)20(13-25(33)29-6)14-26-30-22-9-8-19(16(2)3)12-24(22)35-26;1-7-17(4)22(10-11-24(32)18(5)15-28)30-27(33)21(12-19(6)31)14-26-29-23-9-8-20(16(2)3)13-25(23)34-26/h10-11,15,18-19,22,24H,6-9,12-14,16H2,1-5H3,(H,32,35);9-10,14,17-18,21,23H,6-8,11-13,15H2,1-5H3,(H,31,34);8-9,12,16-17,20-21H,5,7,10-11,13-14H2,1-4,6H3,(H,29,33)(H,31,34);8-9,13,16-17,21-22H,5,7,10-12,14H2,1-4,6H3,(H,30,33)/t19-,22-,24+;18-,21-,23+;17-,20-,21+;17-,21-,22+/m0000/s1. The summed E-state index contributed by atoms with van der Waals surface area (Å²) in [6, 6.07) is 31.2. The molecule has 8 aromatic rings. The fourth-order valence-corrected chi connectivity index (χ4v) is 20.1. The summed E-state index contributed by atoms with van der Waals surface area (Å²) in [5.41, 5.74) is 8.30. The Labute approximate surface area is 845 Å². The van der Waals surface area contributed by atoms with E-state index < -0.39 is 23.7 Å². The Morgan fingerprint density at radius 1 is 0.343 bits per heavy atom. The molecule has 5 amide bonds. The first-order valence-corrected chi connectivity index (χ1v) is 52.6. The van der Waals surface area contributed by atoms with Crippen molar-refractivity contribution >= 4 is 156 Å². The molecule has 12 atom stereocenters. The van der Waals surface area contributed by atoms with Gasteiger partial charge in [-0.05, 0) is 157 Å². The molecule has 0 spiro atoms. The van der Waals surface area contributed by atoms with E-state index in [1.807, 2.05) is 86.6 Å². The van der Waals surface area contributed by atoms with Gasteiger partial charge in [-0.2, -0.15) is 21.0 Å². The fourth-order valence-electron chi connectivity index (χ4n) is 15.7. The second kappa shape index (κ2) is 59.9. The van der Waals surface area contributed by atoms with E-state index in [0.29, 0.717) is 87.9 Å². The van der Waals surface area contributed by atoms with Crippen molar-refractivity contribution in [1.29, 1.82) is 21.0 Å². The van der Waals surface area contributed by atoms with Crippen LogP contribution >= 0.6 is 45.3 Å². The smallest absolute Gasteiger partial charge is 0.224 e. The first kappa shape index (κ1) is 119. The third-order valence-corrected chi connectivity index (χ3v) is 30.2. The molecule has 0 unspecified atom stereocenters. The van der Waals surface area contributed by atoms with Crippen LogP contribution in [0.2, 0.25) is 0 Å². The lowest BCUT2D eigenvalue weighted by molar-refractivity contribution is -0.131. The lowest BCUT2D eigenvalue weighted by Gasteiger charge is -2.26. The monoisotopic (exact) mass is 1980 g/mol. The summed E-state index contributed by atoms with van der Waals surface area (Å²) in [4.78, 5) is 170. The zero-order valence-corrected chi connectivity index (χ0v) is 89.1. The summed E-state index contributed by atoms with van der Waals surface area (Å²) in [6.07, 6.45) is 9.17. The molecule has 0 aliphatic carbocycles. The molecule has 8 rings (SSSR count). The molecule has 752 valence electrons. The van der Waals surface area contributed by atoms with Crippen molar-refractivity contribution in [3.8, 4) is 24.3 Å². The molecule has 5 N–H and O–H groups in total. The highest BCUT2D eigenvalue weighted by atomic mass is 32.1. The van der Waals surface area contributed by atoms with E-state index in [0.717, 1.165) is 93.0 Å². The molecule has 0 bridgehead atoms. The Morgan fingerprint density at radius 3 is 0.786 bits per heavy atom. The van der Waals surface area contributed by atoms with Crippen LogP contribution < -0.4 is 26.6 Å². The van der Waals surface area contributed by atoms with Crippen molar-refractivity contribution in [2.45, 2.75) is 327 Å². The minimum atomic E-state index is -0.587. The highest BCUT2D eigenvalue weighted by Gasteiger charge is 2.34. The summed E-state index contributed by atoms with van der Waals surface area (Å²) in [6.45, 7) is 52.6. The number of amides is 5. The molecule has 0 saturated heterocycles. The summed E-state index contributed by atoms with van der Waals surface area (Å²) >= 11 is 6.26. The van der Waals surface area contributed by atoms with E-state index >= 15 is 0 Å². The van der Waals surface area contributed by atoms with Crippen LogP contribution in [0.1, 0.15) is 320 Å². The van der Waals surface area contributed by atoms with Crippen LogP contribution in [0.5, 0.6) is 0 Å². The number of Topliss-reactive ketones (excluding diaryl/α,β-unsaturated/α-hetero) is 7. The van der Waals surface area contributed by atoms with E-state index in [1.165, 1.54) is 29.2 Å². The average molecular weight is 1980 g/mol. The van der Waals surface area contributed by atoms with Gasteiger partial charge in [-0.15, -0.1) is 45.3 Å². The van der Waals surface area contributed by atoms with Crippen molar-refractivity contribution in [3.63, 3.8) is 0 Å². The van der Waals surface area contributed by atoms with Gasteiger partial charge in [-0.3, -0.25) is 52.7 Å². The van der Waals surface area contributed by atoms with Gasteiger partial charge in [0, 0.05) is 121 Å². The molecular weight excluding hydrogens is 1840 g/mol. The third kappa shape index (κ3) is 38.4. The van der Waals surface area contributed by atoms with Gasteiger partial charge in [0.1, 0.15) is 41.6 Å². The Hall–Kier alpha value is -11.6. The summed E-state index contributed by atoms with van der Waals surface area (Å²) in [7, 11) is 1.55. The molecular formula is C111H147N13O12S4. The molecule has 0 fully saturated rings. The number of aromatic nitrogens is 4. The molecule has 4 heterocycles. The molecule has 29 heteroatoms. The van der Waals surface area contributed by atoms with Crippen LogP contribution in [-0.2, 0) is 83.2 Å². The number of rotatable bonds is 55. The number of ketones is 7. The van der Waals surface area contributed by atoms with Crippen LogP contribution in [0.25, 0.3) is 40.9 Å². The molecule has 0 aliphatic rings. The highest BCUT2D eigenvalue weighted by Crippen LogP contribution is 2.35. The number of carbonyl (C=O) groups excluding carboxylic acids is 12. The number of hydrogen-bond acceptors (Lipinski definition) is 24. The van der Waals surface area contributed by atoms with Gasteiger partial charge in [0.15, 0.2) is 23.1 Å². The zero-order chi connectivity index (χ0) is 104. The SMILES string of the molecule is C=C(C#N)C(=O)CC[C@@H](NC(=O)[C@@H](CC(=O)CC)Cc1nc2ccc(C(C)C)cc2s1)[C@@H](C)CC.C=C(C#N)C(=O)CC[C@@H](NC(=O)[C@@H](CC(=O)CCC)Cc1nc2ccc(C(C)C)cc2s1)[C@@H](C)CC.C=C(C#N)C(=O)CC[C@@H](NC(=O)[C@@H](CC(=O)NC)Cc1nc2ccc(C(C)C)cc2s1)[C@@H](C)CC.C=C(C#N)C(=O)CC[C@@H](NC(=O)[C@@H](CC(C)=O)Cc1nc2ccc(C(C)C)cc2s1)[C@@H](C)CC. The van der Waals surface area contributed by atoms with Crippen molar-refractivity contribution < 1.29 is 57.5 Å². The Morgan fingerprint density at radius 2 is 0.579 bits per heavy atom. The minimum Gasteiger partial charge on any atom is -0.359 e. The number of allylic oxidation sites excluding steroid dienone is 4. The van der Waals surface area contributed by atoms with Gasteiger partial charge >= 0.3 is 0 Å². The molecule has 25 nitrogen and oxygen atoms in total. The van der Waals surface area contributed by atoms with Crippen LogP contribution in [0.4, 0.5) is 0 Å². The topological polar surface area (TPSA) is 412 Å². The number of benzene rings is 4. The van der Waals surface area contributed by atoms with Crippen LogP contribution in [-0.4, -0.2) is 121 Å². The molecule has 0 radical (unpaired) electrons. The number of nitriles is 4. The minimum absolute atomic E-state index is 0.0361. The predicted molar refractivity (Wildman–Crippen MR) is 564 cm³/mol. The van der Waals surface area contributed by atoms with E-state index in [2.05, 4.69) is 157 Å². The van der Waals surface area contributed by atoms with Crippen molar-refractivity contribution in [2.75, 3.05) is 7.05 Å². The normalized spacial score (nSPS) is 13.7. The van der Waals surface area contributed by atoms with Gasteiger partial charge in [-0.25, -0.2) is 19.9 Å². The number of carbonyl (C=O) groups is 12. The van der Waals surface area contributed by atoms with Gasteiger partial charge in [0.25, 0.3) is 0 Å². The van der Waals surface area contributed by atoms with Crippen LogP contribution in [0.3, 0.4) is 0 Å². The lowest BCUT2D eigenvalue weighted by atomic mass is 9.91. The summed E-state index contributed by atoms with van der Waals surface area (Å²) in [5, 5.41) is 54.0. The Balaban J connectivity index is 0.000000329. The third-order valence-electron chi connectivity index (χ3n) is 26.0. The van der Waals surface area contributed by atoms with Gasteiger partial charge in [0.05, 0.1) is 107 Å². The van der Waals surface area contributed by atoms with E-state index in [4.69, 9.17) is 41.0 Å².